The van der Waals surface area contributed by atoms with Gasteiger partial charge in [0.1, 0.15) is 0 Å². The fourth-order valence-electron chi connectivity index (χ4n) is 1.08. The van der Waals surface area contributed by atoms with E-state index >= 15 is 0 Å². The summed E-state index contributed by atoms with van der Waals surface area (Å²) in [6, 6.07) is 5.61. The van der Waals surface area contributed by atoms with Crippen molar-refractivity contribution in [2.45, 2.75) is 6.92 Å². The molecule has 0 amide bonds. The van der Waals surface area contributed by atoms with Crippen LogP contribution in [0.4, 0.5) is 0 Å². The van der Waals surface area contributed by atoms with Crippen molar-refractivity contribution in [3.63, 3.8) is 0 Å². The molecule has 1 aromatic heterocycles. The first-order chi connectivity index (χ1) is 6.27. The lowest BCUT2D eigenvalue weighted by Gasteiger charge is -1.98. The Hall–Kier alpha value is -1.35. The van der Waals surface area contributed by atoms with E-state index in [9.17, 15) is 0 Å². The molecule has 2 rings (SSSR count). The van der Waals surface area contributed by atoms with Gasteiger partial charge in [-0.05, 0) is 30.7 Å². The van der Waals surface area contributed by atoms with Crippen LogP contribution >= 0.6 is 11.6 Å². The minimum Gasteiger partial charge on any atom is -0.342 e. The molecule has 2 aromatic rings. The summed E-state index contributed by atoms with van der Waals surface area (Å²) in [5.41, 5.74) is 1.92. The second-order valence-corrected chi connectivity index (χ2v) is 3.13. The summed E-state index contributed by atoms with van der Waals surface area (Å²) < 4.78 is 4.64. The van der Waals surface area contributed by atoms with Crippen molar-refractivity contribution >= 4 is 11.6 Å². The Morgan fingerprint density at radius 2 is 2.23 bits per heavy atom. The molecule has 0 aliphatic rings. The maximum absolute atomic E-state index is 5.88. The number of rotatable bonds is 1. The minimum absolute atomic E-state index is 0.583. The molecular formula is C9H7ClN2O. The molecule has 0 saturated heterocycles. The van der Waals surface area contributed by atoms with Crippen molar-refractivity contribution in [1.82, 2.24) is 10.1 Å². The average Bonchev–Trinajstić information content (AvgIpc) is 2.62. The predicted octanol–water partition coefficient (Wildman–Crippen LogP) is 2.70. The Bertz CT molecular complexity index is 412. The van der Waals surface area contributed by atoms with Crippen LogP contribution in [0.5, 0.6) is 0 Å². The molecule has 0 radical (unpaired) electrons. The van der Waals surface area contributed by atoms with E-state index in [1.807, 2.05) is 25.1 Å². The van der Waals surface area contributed by atoms with Gasteiger partial charge in [0.15, 0.2) is 0 Å². The fourth-order valence-corrected chi connectivity index (χ4v) is 1.20. The number of aryl methyl sites for hydroxylation is 1. The van der Waals surface area contributed by atoms with Crippen molar-refractivity contribution in [2.24, 2.45) is 0 Å². The Morgan fingerprint density at radius 1 is 1.38 bits per heavy atom. The summed E-state index contributed by atoms with van der Waals surface area (Å²) in [7, 11) is 0. The molecule has 0 unspecified atom stereocenters. The maximum Gasteiger partial charge on any atom is 0.214 e. The van der Waals surface area contributed by atoms with E-state index in [4.69, 9.17) is 11.6 Å². The van der Waals surface area contributed by atoms with Crippen LogP contribution in [0.1, 0.15) is 5.56 Å². The first-order valence-corrected chi connectivity index (χ1v) is 4.18. The van der Waals surface area contributed by atoms with E-state index in [-0.39, 0.29) is 0 Å². The summed E-state index contributed by atoms with van der Waals surface area (Å²) in [5, 5.41) is 4.47. The van der Waals surface area contributed by atoms with Gasteiger partial charge in [-0.1, -0.05) is 16.8 Å². The van der Waals surface area contributed by atoms with Crippen LogP contribution in [-0.2, 0) is 0 Å². The fraction of sp³-hybridized carbons (Fsp3) is 0.111. The highest BCUT2D eigenvalue weighted by Crippen LogP contribution is 2.21. The Morgan fingerprint density at radius 3 is 2.85 bits per heavy atom. The summed E-state index contributed by atoms with van der Waals surface area (Å²) >= 11 is 5.88. The smallest absolute Gasteiger partial charge is 0.214 e. The van der Waals surface area contributed by atoms with Crippen LogP contribution in [0, 0.1) is 6.92 Å². The van der Waals surface area contributed by atoms with Crippen LogP contribution in [0.25, 0.3) is 11.4 Å². The largest absolute Gasteiger partial charge is 0.342 e. The summed E-state index contributed by atoms with van der Waals surface area (Å²) in [6.45, 7) is 1.94. The lowest BCUT2D eigenvalue weighted by Crippen LogP contribution is -1.82. The molecule has 13 heavy (non-hydrogen) atoms. The molecule has 0 saturated carbocycles. The number of nitrogens with zero attached hydrogens (tertiary/aromatic N) is 2. The van der Waals surface area contributed by atoms with E-state index in [1.165, 1.54) is 6.39 Å². The van der Waals surface area contributed by atoms with Crippen molar-refractivity contribution in [2.75, 3.05) is 0 Å². The summed E-state index contributed by atoms with van der Waals surface area (Å²) in [4.78, 5) is 3.94. The van der Waals surface area contributed by atoms with Crippen molar-refractivity contribution in [3.05, 3.63) is 35.2 Å². The Balaban J connectivity index is 2.49. The van der Waals surface area contributed by atoms with Crippen LogP contribution in [0.15, 0.2) is 29.1 Å². The molecular weight excluding hydrogens is 188 g/mol. The lowest BCUT2D eigenvalue weighted by atomic mass is 10.1. The lowest BCUT2D eigenvalue weighted by molar-refractivity contribution is 0.419. The summed E-state index contributed by atoms with van der Waals surface area (Å²) in [6.07, 6.45) is 1.30. The number of hydrogen-bond donors (Lipinski definition) is 0. The Labute approximate surface area is 80.3 Å². The van der Waals surface area contributed by atoms with Crippen LogP contribution in [-0.4, -0.2) is 10.1 Å². The molecule has 0 N–H and O–H groups in total. The zero-order valence-corrected chi connectivity index (χ0v) is 7.75. The highest BCUT2D eigenvalue weighted by molar-refractivity contribution is 6.31. The van der Waals surface area contributed by atoms with Gasteiger partial charge in [0.2, 0.25) is 12.2 Å². The van der Waals surface area contributed by atoms with Gasteiger partial charge in [0.05, 0.1) is 0 Å². The van der Waals surface area contributed by atoms with Crippen molar-refractivity contribution in [3.8, 4) is 11.4 Å². The van der Waals surface area contributed by atoms with Gasteiger partial charge in [0, 0.05) is 10.6 Å². The zero-order valence-electron chi connectivity index (χ0n) is 6.99. The molecule has 0 atom stereocenters. The summed E-state index contributed by atoms with van der Waals surface area (Å²) in [5.74, 6) is 0.583. The minimum atomic E-state index is 0.583. The molecule has 1 aromatic carbocycles. The van der Waals surface area contributed by atoms with Gasteiger partial charge in [-0.15, -0.1) is 0 Å². The molecule has 0 spiro atoms. The SMILES string of the molecule is Cc1cc(-c2ncon2)ccc1Cl. The molecule has 66 valence electrons. The van der Waals surface area contributed by atoms with Gasteiger partial charge in [-0.2, -0.15) is 4.98 Å². The number of aromatic nitrogens is 2. The van der Waals surface area contributed by atoms with Gasteiger partial charge in [0.25, 0.3) is 0 Å². The van der Waals surface area contributed by atoms with Crippen molar-refractivity contribution < 1.29 is 4.52 Å². The second kappa shape index (κ2) is 3.18. The van der Waals surface area contributed by atoms with Gasteiger partial charge in [-0.3, -0.25) is 0 Å². The number of benzene rings is 1. The second-order valence-electron chi connectivity index (χ2n) is 2.72. The predicted molar refractivity (Wildman–Crippen MR) is 49.5 cm³/mol. The molecule has 0 fully saturated rings. The highest BCUT2D eigenvalue weighted by Gasteiger charge is 2.03. The zero-order chi connectivity index (χ0) is 9.26. The van der Waals surface area contributed by atoms with Gasteiger partial charge >= 0.3 is 0 Å². The molecule has 3 nitrogen and oxygen atoms in total. The standard InChI is InChI=1S/C9H7ClN2O/c1-6-4-7(2-3-8(6)10)9-11-5-13-12-9/h2-5H,1H3. The number of halogens is 1. The highest BCUT2D eigenvalue weighted by atomic mass is 35.5. The van der Waals surface area contributed by atoms with Crippen LogP contribution in [0.2, 0.25) is 5.02 Å². The van der Waals surface area contributed by atoms with Crippen molar-refractivity contribution in [1.29, 1.82) is 0 Å². The van der Waals surface area contributed by atoms with E-state index in [0.717, 1.165) is 16.1 Å². The van der Waals surface area contributed by atoms with E-state index in [2.05, 4.69) is 14.7 Å². The third-order valence-corrected chi connectivity index (χ3v) is 2.20. The Kier molecular flexibility index (Phi) is 2.02. The maximum atomic E-state index is 5.88. The molecule has 1 heterocycles. The van der Waals surface area contributed by atoms with Gasteiger partial charge < -0.3 is 4.52 Å². The van der Waals surface area contributed by atoms with E-state index < -0.39 is 0 Å². The average molecular weight is 195 g/mol. The van der Waals surface area contributed by atoms with E-state index in [1.54, 1.807) is 0 Å². The molecule has 0 bridgehead atoms. The topological polar surface area (TPSA) is 38.9 Å². The third-order valence-electron chi connectivity index (χ3n) is 1.78. The monoisotopic (exact) mass is 194 g/mol. The molecule has 0 aliphatic carbocycles. The van der Waals surface area contributed by atoms with Crippen LogP contribution < -0.4 is 0 Å². The third kappa shape index (κ3) is 1.55. The first-order valence-electron chi connectivity index (χ1n) is 3.80. The number of hydrogen-bond acceptors (Lipinski definition) is 3. The molecule has 0 aliphatic heterocycles. The first kappa shape index (κ1) is 8.26. The van der Waals surface area contributed by atoms with E-state index in [0.29, 0.717) is 5.82 Å². The van der Waals surface area contributed by atoms with Crippen LogP contribution in [0.3, 0.4) is 0 Å². The molecule has 4 heteroatoms. The van der Waals surface area contributed by atoms with Gasteiger partial charge in [-0.25, -0.2) is 0 Å². The normalized spacial score (nSPS) is 10.3. The quantitative estimate of drug-likeness (QED) is 0.701.